The maximum Gasteiger partial charge on any atom is 0.132 e. The van der Waals surface area contributed by atoms with Crippen LogP contribution in [-0.4, -0.2) is 0 Å². The maximum atomic E-state index is 7.20. The van der Waals surface area contributed by atoms with Gasteiger partial charge in [-0.15, -0.1) is 0 Å². The lowest BCUT2D eigenvalue weighted by Crippen LogP contribution is -2.33. The van der Waals surface area contributed by atoms with Crippen LogP contribution in [0.3, 0.4) is 0 Å². The van der Waals surface area contributed by atoms with Gasteiger partial charge in [-0.05, 0) is 165 Å². The second-order valence-electron chi connectivity index (χ2n) is 22.7. The molecular formula is C74H59NO2. The molecule has 6 aliphatic rings. The number of benzene rings is 10. The Hall–Kier alpha value is -8.40. The lowest BCUT2D eigenvalue weighted by molar-refractivity contribution is 0.424. The SMILES string of the molecule is c1ccc(-c2ccc(N(c3ccc4c(c3)C3(c5ccccc5Oc5ccccc53)c3ccccc3-4)c3ccc4c(c3)C3(c5cc(C6CCCCC6)ccc5Oc5ccc(C6CCCCC6)cc53)c3ccccc3-4)cc2)cc1. The number of fused-ring (bicyclic) bond motifs is 18. The van der Waals surface area contributed by atoms with Crippen LogP contribution in [0.5, 0.6) is 23.0 Å². The highest BCUT2D eigenvalue weighted by Gasteiger charge is 2.53. The second kappa shape index (κ2) is 17.6. The third-order valence-electron chi connectivity index (χ3n) is 18.8. The predicted molar refractivity (Wildman–Crippen MR) is 313 cm³/mol. The molecule has 0 bridgehead atoms. The zero-order valence-corrected chi connectivity index (χ0v) is 43.4. The number of hydrogen-bond acceptors (Lipinski definition) is 3. The molecule has 0 amide bonds. The van der Waals surface area contributed by atoms with Gasteiger partial charge < -0.3 is 14.4 Å². The van der Waals surface area contributed by atoms with Gasteiger partial charge in [-0.2, -0.15) is 0 Å². The first-order valence-electron chi connectivity index (χ1n) is 28.4. The van der Waals surface area contributed by atoms with E-state index in [4.69, 9.17) is 9.47 Å². The largest absolute Gasteiger partial charge is 0.457 e. The molecule has 372 valence electrons. The van der Waals surface area contributed by atoms with Crippen LogP contribution in [0.25, 0.3) is 33.4 Å². The average Bonchev–Trinajstić information content (AvgIpc) is 3.90. The molecule has 3 nitrogen and oxygen atoms in total. The topological polar surface area (TPSA) is 21.7 Å². The lowest BCUT2D eigenvalue weighted by atomic mass is 9.64. The van der Waals surface area contributed by atoms with Crippen molar-refractivity contribution < 1.29 is 9.47 Å². The Morgan fingerprint density at radius 2 is 0.675 bits per heavy atom. The number of ether oxygens (including phenoxy) is 2. The molecule has 16 rings (SSSR count). The third-order valence-corrected chi connectivity index (χ3v) is 18.8. The summed E-state index contributed by atoms with van der Waals surface area (Å²) in [5.74, 6) is 4.80. The van der Waals surface area contributed by atoms with Gasteiger partial charge in [-0.1, -0.05) is 202 Å². The minimum atomic E-state index is -0.623. The van der Waals surface area contributed by atoms with Crippen molar-refractivity contribution in [3.63, 3.8) is 0 Å². The van der Waals surface area contributed by atoms with E-state index in [9.17, 15) is 0 Å². The van der Waals surface area contributed by atoms with Crippen molar-refractivity contribution >= 4 is 17.1 Å². The summed E-state index contributed by atoms with van der Waals surface area (Å²) in [6.07, 6.45) is 12.8. The first-order valence-corrected chi connectivity index (χ1v) is 28.4. The van der Waals surface area contributed by atoms with E-state index in [2.05, 4.69) is 229 Å². The van der Waals surface area contributed by atoms with Gasteiger partial charge >= 0.3 is 0 Å². The summed E-state index contributed by atoms with van der Waals surface area (Å²) in [6.45, 7) is 0. The Balaban J connectivity index is 0.955. The summed E-state index contributed by atoms with van der Waals surface area (Å²) < 4.78 is 14.0. The molecule has 4 aliphatic carbocycles. The average molecular weight is 994 g/mol. The van der Waals surface area contributed by atoms with E-state index in [-0.39, 0.29) is 0 Å². The highest BCUT2D eigenvalue weighted by molar-refractivity contribution is 5.94. The van der Waals surface area contributed by atoms with E-state index in [1.54, 1.807) is 0 Å². The molecule has 0 unspecified atom stereocenters. The van der Waals surface area contributed by atoms with Gasteiger partial charge in [0.1, 0.15) is 23.0 Å². The molecule has 2 aliphatic heterocycles. The van der Waals surface area contributed by atoms with E-state index in [0.717, 1.165) is 51.2 Å². The monoisotopic (exact) mass is 993 g/mol. The van der Waals surface area contributed by atoms with Crippen LogP contribution in [0.2, 0.25) is 0 Å². The molecular weight excluding hydrogens is 935 g/mol. The zero-order chi connectivity index (χ0) is 50.7. The molecule has 10 aromatic carbocycles. The van der Waals surface area contributed by atoms with E-state index in [1.165, 1.54) is 142 Å². The summed E-state index contributed by atoms with van der Waals surface area (Å²) in [7, 11) is 0. The molecule has 2 heterocycles. The molecule has 0 radical (unpaired) electrons. The van der Waals surface area contributed by atoms with Gasteiger partial charge in [0, 0.05) is 39.3 Å². The van der Waals surface area contributed by atoms with Crippen LogP contribution >= 0.6 is 0 Å². The van der Waals surface area contributed by atoms with Crippen molar-refractivity contribution in [2.75, 3.05) is 4.90 Å². The number of hydrogen-bond donors (Lipinski definition) is 0. The standard InChI is InChI=1S/C74H59NO2/c1-4-18-48(19-5-1)51-32-36-54(37-33-51)75(55-38-40-59-57-24-10-12-26-61(57)73(65(59)46-55)63-28-14-16-30-69(63)76-70-31-17-15-29-64(70)73)56-39-41-60-58-25-11-13-27-62(58)74(66(60)47-56)67-44-52(49-20-6-2-7-21-49)34-42-71(67)77-72-43-35-53(45-68(72)74)50-22-8-3-9-23-50/h1,4-5,10-19,24-47,49-50H,2-3,6-9,20-23H2. The minimum Gasteiger partial charge on any atom is -0.457 e. The molecule has 0 N–H and O–H groups in total. The Morgan fingerprint density at radius 3 is 1.18 bits per heavy atom. The summed E-state index contributed by atoms with van der Waals surface area (Å²) in [5, 5.41) is 0. The Bertz CT molecular complexity index is 3860. The Labute approximate surface area is 452 Å². The van der Waals surface area contributed by atoms with Crippen molar-refractivity contribution in [3.8, 4) is 56.4 Å². The normalized spacial score (nSPS) is 16.9. The van der Waals surface area contributed by atoms with Crippen LogP contribution in [0.15, 0.2) is 224 Å². The van der Waals surface area contributed by atoms with Crippen LogP contribution in [0.4, 0.5) is 17.1 Å². The molecule has 3 heteroatoms. The van der Waals surface area contributed by atoms with E-state index < -0.39 is 10.8 Å². The van der Waals surface area contributed by atoms with Crippen molar-refractivity contribution in [1.29, 1.82) is 0 Å². The highest BCUT2D eigenvalue weighted by atomic mass is 16.5. The maximum absolute atomic E-state index is 7.20. The van der Waals surface area contributed by atoms with E-state index >= 15 is 0 Å². The Kier molecular flexibility index (Phi) is 10.2. The Morgan fingerprint density at radius 1 is 0.286 bits per heavy atom. The molecule has 10 aromatic rings. The van der Waals surface area contributed by atoms with Crippen molar-refractivity contribution in [1.82, 2.24) is 0 Å². The minimum absolute atomic E-state index is 0.543. The number of para-hydroxylation sites is 2. The zero-order valence-electron chi connectivity index (χ0n) is 43.4. The number of nitrogens with zero attached hydrogens (tertiary/aromatic N) is 1. The molecule has 77 heavy (non-hydrogen) atoms. The van der Waals surface area contributed by atoms with Crippen molar-refractivity contribution in [2.45, 2.75) is 86.9 Å². The first-order chi connectivity index (χ1) is 38.2. The van der Waals surface area contributed by atoms with Crippen molar-refractivity contribution in [3.05, 3.63) is 280 Å². The summed E-state index contributed by atoms with van der Waals surface area (Å²) in [5.41, 5.74) is 22.5. The van der Waals surface area contributed by atoms with Crippen LogP contribution in [0, 0.1) is 0 Å². The van der Waals surface area contributed by atoms with E-state index in [1.807, 2.05) is 0 Å². The van der Waals surface area contributed by atoms with Gasteiger partial charge in [0.15, 0.2) is 0 Å². The lowest BCUT2D eigenvalue weighted by Gasteiger charge is -2.41. The molecule has 0 saturated heterocycles. The summed E-state index contributed by atoms with van der Waals surface area (Å²) >= 11 is 0. The molecule has 2 saturated carbocycles. The quantitative estimate of drug-likeness (QED) is 0.166. The fraction of sp³-hybridized carbons (Fsp3) is 0.189. The molecule has 0 aromatic heterocycles. The van der Waals surface area contributed by atoms with Crippen molar-refractivity contribution in [2.24, 2.45) is 0 Å². The molecule has 2 fully saturated rings. The van der Waals surface area contributed by atoms with Crippen LogP contribution in [0.1, 0.15) is 132 Å². The van der Waals surface area contributed by atoms with Gasteiger partial charge in [-0.3, -0.25) is 0 Å². The first kappa shape index (κ1) is 44.9. The fourth-order valence-corrected chi connectivity index (χ4v) is 15.4. The summed E-state index contributed by atoms with van der Waals surface area (Å²) in [6, 6.07) is 84.9. The van der Waals surface area contributed by atoms with Gasteiger partial charge in [0.05, 0.1) is 10.8 Å². The predicted octanol–water partition coefficient (Wildman–Crippen LogP) is 19.9. The summed E-state index contributed by atoms with van der Waals surface area (Å²) in [4.78, 5) is 2.53. The van der Waals surface area contributed by atoms with Gasteiger partial charge in [0.25, 0.3) is 0 Å². The molecule has 0 atom stereocenters. The highest BCUT2D eigenvalue weighted by Crippen LogP contribution is 2.65. The smallest absolute Gasteiger partial charge is 0.132 e. The van der Waals surface area contributed by atoms with Crippen LogP contribution < -0.4 is 14.4 Å². The van der Waals surface area contributed by atoms with E-state index in [0.29, 0.717) is 11.8 Å². The third kappa shape index (κ3) is 6.62. The van der Waals surface area contributed by atoms with Gasteiger partial charge in [-0.25, -0.2) is 0 Å². The fourth-order valence-electron chi connectivity index (χ4n) is 15.4. The number of rotatable bonds is 6. The number of anilines is 3. The van der Waals surface area contributed by atoms with Crippen LogP contribution in [-0.2, 0) is 10.8 Å². The second-order valence-corrected chi connectivity index (χ2v) is 22.7. The molecule has 2 spiro atoms. The van der Waals surface area contributed by atoms with Gasteiger partial charge in [0.2, 0.25) is 0 Å².